The van der Waals surface area contributed by atoms with Gasteiger partial charge >= 0.3 is 0 Å². The van der Waals surface area contributed by atoms with Gasteiger partial charge in [0.1, 0.15) is 18.5 Å². The van der Waals surface area contributed by atoms with Crippen molar-refractivity contribution in [2.24, 2.45) is 5.73 Å². The number of hydrogen-bond acceptors (Lipinski definition) is 3. The van der Waals surface area contributed by atoms with Crippen LogP contribution < -0.4 is 10.5 Å². The fraction of sp³-hybridized carbons (Fsp3) is 0.455. The highest BCUT2D eigenvalue weighted by Gasteiger charge is 2.27. The average Bonchev–Trinajstić information content (AvgIpc) is 2.12. The largest absolute Gasteiger partial charge is 0.490 e. The second-order valence-corrected chi connectivity index (χ2v) is 3.90. The molecule has 3 nitrogen and oxygen atoms in total. The third kappa shape index (κ3) is 1.38. The minimum Gasteiger partial charge on any atom is -0.490 e. The third-order valence-corrected chi connectivity index (χ3v) is 2.62. The Morgan fingerprint density at radius 2 is 2.14 bits per heavy atom. The highest BCUT2D eigenvalue weighted by atomic mass is 16.5. The third-order valence-electron chi connectivity index (χ3n) is 2.62. The van der Waals surface area contributed by atoms with Crippen LogP contribution in [0.25, 0.3) is 0 Å². The lowest BCUT2D eigenvalue weighted by Crippen LogP contribution is -2.36. The maximum absolute atomic E-state index is 9.56. The summed E-state index contributed by atoms with van der Waals surface area (Å²) in [5.74, 6) is 0.841. The minimum atomic E-state index is -0.594. The van der Waals surface area contributed by atoms with Crippen LogP contribution >= 0.6 is 0 Å². The molecule has 0 bridgehead atoms. The summed E-state index contributed by atoms with van der Waals surface area (Å²) < 4.78 is 5.46. The number of hydrogen-bond donors (Lipinski definition) is 2. The zero-order chi connectivity index (χ0) is 10.3. The minimum absolute atomic E-state index is 0.290. The molecule has 0 spiro atoms. The van der Waals surface area contributed by atoms with Gasteiger partial charge in [-0.15, -0.1) is 0 Å². The molecule has 0 saturated heterocycles. The Bertz CT molecular complexity index is 363. The standard InChI is InChI=1S/C11H15NO2/c1-6-3-7(2)11-8(4-6)10(12)9(13)5-14-11/h3-4,9-10,13H,5,12H2,1-2H3. The topological polar surface area (TPSA) is 55.5 Å². The lowest BCUT2D eigenvalue weighted by molar-refractivity contribution is 0.0674. The smallest absolute Gasteiger partial charge is 0.127 e. The summed E-state index contributed by atoms with van der Waals surface area (Å²) >= 11 is 0. The number of aliphatic hydroxyl groups is 1. The Morgan fingerprint density at radius 1 is 1.43 bits per heavy atom. The molecule has 1 aromatic carbocycles. The molecule has 3 heteroatoms. The molecule has 14 heavy (non-hydrogen) atoms. The number of aliphatic hydroxyl groups excluding tert-OH is 1. The fourth-order valence-corrected chi connectivity index (χ4v) is 1.91. The van der Waals surface area contributed by atoms with Gasteiger partial charge in [0.2, 0.25) is 0 Å². The molecular weight excluding hydrogens is 178 g/mol. The van der Waals surface area contributed by atoms with Crippen molar-refractivity contribution in [2.75, 3.05) is 6.61 Å². The maximum Gasteiger partial charge on any atom is 0.127 e. The van der Waals surface area contributed by atoms with Gasteiger partial charge in [-0.1, -0.05) is 17.7 Å². The van der Waals surface area contributed by atoms with Crippen LogP contribution in [-0.2, 0) is 0 Å². The molecule has 2 rings (SSSR count). The summed E-state index contributed by atoms with van der Waals surface area (Å²) in [6.45, 7) is 4.30. The Morgan fingerprint density at radius 3 is 2.86 bits per heavy atom. The summed E-state index contributed by atoms with van der Waals surface area (Å²) in [4.78, 5) is 0. The molecule has 0 amide bonds. The lowest BCUT2D eigenvalue weighted by atomic mass is 9.95. The summed E-state index contributed by atoms with van der Waals surface area (Å²) in [6.07, 6.45) is -0.594. The van der Waals surface area contributed by atoms with Gasteiger partial charge in [-0.3, -0.25) is 0 Å². The van der Waals surface area contributed by atoms with Gasteiger partial charge in [0, 0.05) is 5.56 Å². The number of aryl methyl sites for hydroxylation is 2. The van der Waals surface area contributed by atoms with Gasteiger partial charge in [0.15, 0.2) is 0 Å². The molecule has 76 valence electrons. The van der Waals surface area contributed by atoms with E-state index < -0.39 is 6.10 Å². The van der Waals surface area contributed by atoms with Crippen molar-refractivity contribution in [3.05, 3.63) is 28.8 Å². The molecule has 1 aliphatic rings. The number of benzene rings is 1. The molecule has 2 atom stereocenters. The molecular formula is C11H15NO2. The number of nitrogens with two attached hydrogens (primary N) is 1. The van der Waals surface area contributed by atoms with E-state index >= 15 is 0 Å². The van der Waals surface area contributed by atoms with E-state index in [0.717, 1.165) is 22.4 Å². The summed E-state index contributed by atoms with van der Waals surface area (Å²) in [7, 11) is 0. The van der Waals surface area contributed by atoms with Crippen molar-refractivity contribution in [2.45, 2.75) is 26.0 Å². The van der Waals surface area contributed by atoms with Crippen molar-refractivity contribution < 1.29 is 9.84 Å². The van der Waals surface area contributed by atoms with Gasteiger partial charge in [0.25, 0.3) is 0 Å². The molecule has 2 unspecified atom stereocenters. The fourth-order valence-electron chi connectivity index (χ4n) is 1.91. The van der Waals surface area contributed by atoms with Crippen molar-refractivity contribution in [1.29, 1.82) is 0 Å². The van der Waals surface area contributed by atoms with Crippen LogP contribution in [0.1, 0.15) is 22.7 Å². The van der Waals surface area contributed by atoms with Crippen LogP contribution in [0.4, 0.5) is 0 Å². The first-order valence-corrected chi connectivity index (χ1v) is 4.77. The molecule has 0 saturated carbocycles. The molecule has 1 aromatic rings. The Labute approximate surface area is 83.5 Å². The van der Waals surface area contributed by atoms with Crippen molar-refractivity contribution in [3.8, 4) is 5.75 Å². The van der Waals surface area contributed by atoms with E-state index in [9.17, 15) is 5.11 Å². The second-order valence-electron chi connectivity index (χ2n) is 3.90. The van der Waals surface area contributed by atoms with Crippen LogP contribution in [0.3, 0.4) is 0 Å². The quantitative estimate of drug-likeness (QED) is 0.647. The number of ether oxygens (including phenoxy) is 1. The van der Waals surface area contributed by atoms with Crippen LogP contribution in [0, 0.1) is 13.8 Å². The zero-order valence-electron chi connectivity index (χ0n) is 8.45. The van der Waals surface area contributed by atoms with E-state index in [4.69, 9.17) is 10.5 Å². The molecule has 1 heterocycles. The monoisotopic (exact) mass is 193 g/mol. The first-order chi connectivity index (χ1) is 6.59. The molecule has 0 fully saturated rings. The highest BCUT2D eigenvalue weighted by molar-refractivity contribution is 5.47. The van der Waals surface area contributed by atoms with Crippen molar-refractivity contribution >= 4 is 0 Å². The van der Waals surface area contributed by atoms with Crippen LogP contribution in [0.2, 0.25) is 0 Å². The summed E-state index contributed by atoms with van der Waals surface area (Å²) in [6, 6.07) is 3.72. The molecule has 1 aliphatic heterocycles. The lowest BCUT2D eigenvalue weighted by Gasteiger charge is -2.29. The van der Waals surface area contributed by atoms with Gasteiger partial charge in [-0.2, -0.15) is 0 Å². The van der Waals surface area contributed by atoms with Crippen molar-refractivity contribution in [1.82, 2.24) is 0 Å². The van der Waals surface area contributed by atoms with Crippen LogP contribution in [0.15, 0.2) is 12.1 Å². The van der Waals surface area contributed by atoms with Crippen LogP contribution in [-0.4, -0.2) is 17.8 Å². The maximum atomic E-state index is 9.56. The summed E-state index contributed by atoms with van der Waals surface area (Å²) in [5.41, 5.74) is 9.05. The Kier molecular flexibility index (Phi) is 2.21. The predicted octanol–water partition coefficient (Wildman–Crippen LogP) is 1.06. The molecule has 0 aliphatic carbocycles. The number of rotatable bonds is 0. The van der Waals surface area contributed by atoms with E-state index in [1.54, 1.807) is 0 Å². The Balaban J connectivity index is 2.54. The van der Waals surface area contributed by atoms with Crippen LogP contribution in [0.5, 0.6) is 5.75 Å². The Hall–Kier alpha value is -1.06. The van der Waals surface area contributed by atoms with Gasteiger partial charge in [-0.05, 0) is 19.4 Å². The van der Waals surface area contributed by atoms with E-state index in [1.165, 1.54) is 0 Å². The van der Waals surface area contributed by atoms with E-state index in [1.807, 2.05) is 19.9 Å². The van der Waals surface area contributed by atoms with Gasteiger partial charge in [0.05, 0.1) is 6.04 Å². The zero-order valence-corrected chi connectivity index (χ0v) is 8.45. The molecule has 0 aromatic heterocycles. The van der Waals surface area contributed by atoms with E-state index in [-0.39, 0.29) is 12.6 Å². The first-order valence-electron chi connectivity index (χ1n) is 4.77. The normalized spacial score (nSPS) is 25.4. The predicted molar refractivity (Wildman–Crippen MR) is 54.3 cm³/mol. The molecule has 0 radical (unpaired) electrons. The van der Waals surface area contributed by atoms with E-state index in [0.29, 0.717) is 0 Å². The number of fused-ring (bicyclic) bond motifs is 1. The molecule has 3 N–H and O–H groups in total. The van der Waals surface area contributed by atoms with Gasteiger partial charge in [-0.25, -0.2) is 0 Å². The van der Waals surface area contributed by atoms with E-state index in [2.05, 4.69) is 6.07 Å². The average molecular weight is 193 g/mol. The summed E-state index contributed by atoms with van der Waals surface area (Å²) in [5, 5.41) is 9.56. The highest BCUT2D eigenvalue weighted by Crippen LogP contribution is 2.34. The van der Waals surface area contributed by atoms with Crippen molar-refractivity contribution in [3.63, 3.8) is 0 Å². The second kappa shape index (κ2) is 3.26. The SMILES string of the molecule is Cc1cc(C)c2c(c1)C(N)C(O)CO2. The first kappa shape index (κ1) is 9.49. The van der Waals surface area contributed by atoms with Gasteiger partial charge < -0.3 is 15.6 Å².